The molecule has 100 valence electrons. The molecule has 0 spiro atoms. The average molecular weight is 251 g/mol. The molecular weight excluding hydrogens is 230 g/mol. The van der Waals surface area contributed by atoms with Gasteiger partial charge in [0, 0.05) is 18.2 Å². The lowest BCUT2D eigenvalue weighted by Gasteiger charge is -2.20. The first-order chi connectivity index (χ1) is 8.58. The third kappa shape index (κ3) is 4.01. The fraction of sp³-hybridized carbons (Fsp3) is 0.462. The van der Waals surface area contributed by atoms with Crippen LogP contribution in [0.3, 0.4) is 0 Å². The minimum atomic E-state index is 0.0914. The molecule has 5 heteroatoms. The Kier molecular flexibility index (Phi) is 5.61. The van der Waals surface area contributed by atoms with Crippen LogP contribution in [0.1, 0.15) is 25.0 Å². The van der Waals surface area contributed by atoms with Crippen LogP contribution < -0.4 is 11.1 Å². The smallest absolute Gasteiger partial charge is 0.170 e. The minimum Gasteiger partial charge on any atom is -0.409 e. The van der Waals surface area contributed by atoms with Gasteiger partial charge >= 0.3 is 0 Å². The molecule has 0 heterocycles. The number of nitrogens with zero attached hydrogens (tertiary/aromatic N) is 1. The van der Waals surface area contributed by atoms with E-state index in [4.69, 9.17) is 10.9 Å². The zero-order valence-electron chi connectivity index (χ0n) is 10.8. The lowest BCUT2D eigenvalue weighted by molar-refractivity contribution is 0.210. The van der Waals surface area contributed by atoms with Crippen molar-refractivity contribution in [2.24, 2.45) is 16.8 Å². The monoisotopic (exact) mass is 251 g/mol. The molecule has 5 nitrogen and oxygen atoms in total. The Labute approximate surface area is 107 Å². The van der Waals surface area contributed by atoms with Crippen molar-refractivity contribution < 1.29 is 10.3 Å². The lowest BCUT2D eigenvalue weighted by Crippen LogP contribution is -2.36. The first-order valence-electron chi connectivity index (χ1n) is 5.99. The Balaban J connectivity index is 2.59. The fourth-order valence-corrected chi connectivity index (χ4v) is 1.61. The van der Waals surface area contributed by atoms with Crippen LogP contribution in [0.2, 0.25) is 0 Å². The van der Waals surface area contributed by atoms with Gasteiger partial charge in [0.25, 0.3) is 0 Å². The van der Waals surface area contributed by atoms with Crippen molar-refractivity contribution in [2.75, 3.05) is 6.61 Å². The maximum absolute atomic E-state index is 9.20. The van der Waals surface area contributed by atoms with Gasteiger partial charge in [-0.2, -0.15) is 0 Å². The molecule has 0 aliphatic carbocycles. The summed E-state index contributed by atoms with van der Waals surface area (Å²) >= 11 is 0. The molecule has 0 amide bonds. The van der Waals surface area contributed by atoms with E-state index >= 15 is 0 Å². The van der Waals surface area contributed by atoms with E-state index in [0.29, 0.717) is 18.0 Å². The predicted octanol–water partition coefficient (Wildman–Crippen LogP) is 0.888. The van der Waals surface area contributed by atoms with Gasteiger partial charge < -0.3 is 21.4 Å². The van der Waals surface area contributed by atoms with E-state index < -0.39 is 0 Å². The highest BCUT2D eigenvalue weighted by atomic mass is 16.4. The zero-order chi connectivity index (χ0) is 13.5. The van der Waals surface area contributed by atoms with E-state index in [0.717, 1.165) is 5.56 Å². The summed E-state index contributed by atoms with van der Waals surface area (Å²) in [5, 5.41) is 24.0. The first kappa shape index (κ1) is 14.5. The van der Waals surface area contributed by atoms with E-state index in [2.05, 4.69) is 24.3 Å². The Hall–Kier alpha value is -1.59. The van der Waals surface area contributed by atoms with Crippen LogP contribution in [0.4, 0.5) is 0 Å². The van der Waals surface area contributed by atoms with Gasteiger partial charge in [-0.1, -0.05) is 43.3 Å². The number of hydrogen-bond acceptors (Lipinski definition) is 4. The number of hydrogen-bond donors (Lipinski definition) is 4. The van der Waals surface area contributed by atoms with E-state index in [-0.39, 0.29) is 18.5 Å². The molecule has 1 aromatic rings. The van der Waals surface area contributed by atoms with Crippen molar-refractivity contribution >= 4 is 5.84 Å². The molecule has 0 aromatic heterocycles. The number of benzene rings is 1. The highest BCUT2D eigenvalue weighted by molar-refractivity contribution is 5.96. The van der Waals surface area contributed by atoms with Crippen LogP contribution in [0.5, 0.6) is 0 Å². The number of rotatable bonds is 6. The van der Waals surface area contributed by atoms with E-state index in [1.165, 1.54) is 0 Å². The number of nitrogens with two attached hydrogens (primary N) is 1. The third-order valence-electron chi connectivity index (χ3n) is 2.93. The second-order valence-electron chi connectivity index (χ2n) is 4.60. The molecule has 5 N–H and O–H groups in total. The molecule has 0 radical (unpaired) electrons. The van der Waals surface area contributed by atoms with Crippen molar-refractivity contribution in [3.05, 3.63) is 35.4 Å². The summed E-state index contributed by atoms with van der Waals surface area (Å²) in [4.78, 5) is 0. The summed E-state index contributed by atoms with van der Waals surface area (Å²) in [6.45, 7) is 4.94. The van der Waals surface area contributed by atoms with Gasteiger partial charge in [-0.05, 0) is 11.5 Å². The minimum absolute atomic E-state index is 0.0914. The van der Waals surface area contributed by atoms with Gasteiger partial charge in [0.05, 0.1) is 6.61 Å². The predicted molar refractivity (Wildman–Crippen MR) is 71.5 cm³/mol. The van der Waals surface area contributed by atoms with Crippen LogP contribution in [0.15, 0.2) is 29.4 Å². The summed E-state index contributed by atoms with van der Waals surface area (Å²) in [5.74, 6) is 0.483. The quantitative estimate of drug-likeness (QED) is 0.261. The molecule has 1 rings (SSSR count). The molecule has 0 aliphatic heterocycles. The third-order valence-corrected chi connectivity index (χ3v) is 2.93. The van der Waals surface area contributed by atoms with Crippen LogP contribution in [0.25, 0.3) is 0 Å². The van der Waals surface area contributed by atoms with Gasteiger partial charge in [-0.15, -0.1) is 0 Å². The number of oxime groups is 1. The second-order valence-corrected chi connectivity index (χ2v) is 4.60. The molecule has 0 saturated carbocycles. The summed E-state index contributed by atoms with van der Waals surface area (Å²) in [7, 11) is 0. The molecule has 0 unspecified atom stereocenters. The van der Waals surface area contributed by atoms with Crippen molar-refractivity contribution in [3.63, 3.8) is 0 Å². The maximum atomic E-state index is 9.20. The Morgan fingerprint density at radius 3 is 2.39 bits per heavy atom. The van der Waals surface area contributed by atoms with E-state index in [1.807, 2.05) is 12.1 Å². The first-order valence-corrected chi connectivity index (χ1v) is 5.99. The van der Waals surface area contributed by atoms with Crippen molar-refractivity contribution in [2.45, 2.75) is 26.4 Å². The number of nitrogens with one attached hydrogen (secondary N) is 1. The van der Waals surface area contributed by atoms with Crippen LogP contribution in [-0.4, -0.2) is 28.8 Å². The largest absolute Gasteiger partial charge is 0.409 e. The zero-order valence-corrected chi connectivity index (χ0v) is 10.8. The molecule has 0 fully saturated rings. The number of aliphatic hydroxyl groups excluding tert-OH is 1. The van der Waals surface area contributed by atoms with E-state index in [1.54, 1.807) is 12.1 Å². The van der Waals surface area contributed by atoms with Crippen LogP contribution >= 0.6 is 0 Å². The lowest BCUT2D eigenvalue weighted by atomic mass is 10.0. The highest BCUT2D eigenvalue weighted by Crippen LogP contribution is 2.06. The molecule has 1 atom stereocenters. The SMILES string of the molecule is CC(C)[C@@H](CO)NCc1ccc(C(N)=NO)cc1. The topological polar surface area (TPSA) is 90.9 Å². The molecule has 0 bridgehead atoms. The van der Waals surface area contributed by atoms with Gasteiger partial charge in [-0.25, -0.2) is 0 Å². The Bertz CT molecular complexity index is 388. The maximum Gasteiger partial charge on any atom is 0.170 e. The highest BCUT2D eigenvalue weighted by Gasteiger charge is 2.10. The molecule has 18 heavy (non-hydrogen) atoms. The van der Waals surface area contributed by atoms with Crippen molar-refractivity contribution in [1.82, 2.24) is 5.32 Å². The van der Waals surface area contributed by atoms with Crippen molar-refractivity contribution in [1.29, 1.82) is 0 Å². The number of aliphatic hydroxyl groups is 1. The standard InChI is InChI=1S/C13H21N3O2/c1-9(2)12(8-17)15-7-10-3-5-11(6-4-10)13(14)16-18/h3-6,9,12,15,17-18H,7-8H2,1-2H3,(H2,14,16)/t12-/m1/s1. The summed E-state index contributed by atoms with van der Waals surface area (Å²) in [6.07, 6.45) is 0. The average Bonchev–Trinajstić information content (AvgIpc) is 2.39. The Morgan fingerprint density at radius 2 is 1.94 bits per heavy atom. The normalized spacial score (nSPS) is 13.9. The second kappa shape index (κ2) is 6.98. The summed E-state index contributed by atoms with van der Waals surface area (Å²) in [5.41, 5.74) is 7.25. The van der Waals surface area contributed by atoms with Crippen LogP contribution in [0, 0.1) is 5.92 Å². The van der Waals surface area contributed by atoms with Crippen LogP contribution in [-0.2, 0) is 6.54 Å². The fourth-order valence-electron chi connectivity index (χ4n) is 1.61. The van der Waals surface area contributed by atoms with Gasteiger partial charge in [0.1, 0.15) is 0 Å². The molecule has 0 saturated heterocycles. The van der Waals surface area contributed by atoms with E-state index in [9.17, 15) is 5.11 Å². The molecule has 0 aliphatic rings. The molecular formula is C13H21N3O2. The molecule has 1 aromatic carbocycles. The number of amidine groups is 1. The Morgan fingerprint density at radius 1 is 1.33 bits per heavy atom. The van der Waals surface area contributed by atoms with Gasteiger partial charge in [0.15, 0.2) is 5.84 Å². The van der Waals surface area contributed by atoms with Gasteiger partial charge in [-0.3, -0.25) is 0 Å². The summed E-state index contributed by atoms with van der Waals surface area (Å²) < 4.78 is 0. The van der Waals surface area contributed by atoms with Crippen molar-refractivity contribution in [3.8, 4) is 0 Å². The van der Waals surface area contributed by atoms with Gasteiger partial charge in [0.2, 0.25) is 0 Å². The summed E-state index contributed by atoms with van der Waals surface area (Å²) in [6, 6.07) is 7.52.